The number of hydrogen-bond acceptors (Lipinski definition) is 7. The maximum Gasteiger partial charge on any atom is 0.220 e. The van der Waals surface area contributed by atoms with Crippen molar-refractivity contribution in [3.05, 3.63) is 87.4 Å². The maximum atomic E-state index is 11.5. The zero-order valence-electron chi connectivity index (χ0n) is 29.5. The number of amides is 1. The lowest BCUT2D eigenvalue weighted by Gasteiger charge is -2.32. The smallest absolute Gasteiger partial charge is 0.220 e. The van der Waals surface area contributed by atoms with E-state index in [2.05, 4.69) is 39.0 Å². The molecule has 3 aliphatic heterocycles. The number of rotatable bonds is 12. The average molecular weight is 729 g/mol. The summed E-state index contributed by atoms with van der Waals surface area (Å²) in [6, 6.07) is 20.6. The number of piperidine rings is 1. The molecular formula is C41H47Cl2N5O3. The summed E-state index contributed by atoms with van der Waals surface area (Å²) >= 11 is 14.4. The maximum absolute atomic E-state index is 11.5. The van der Waals surface area contributed by atoms with Gasteiger partial charge in [0.15, 0.2) is 0 Å². The highest BCUT2D eigenvalue weighted by molar-refractivity contribution is 6.39. The summed E-state index contributed by atoms with van der Waals surface area (Å²) in [4.78, 5) is 19.0. The summed E-state index contributed by atoms with van der Waals surface area (Å²) in [5.41, 5.74) is 8.72. The molecule has 3 N–H and O–H groups in total. The molecule has 2 fully saturated rings. The number of halogens is 2. The minimum absolute atomic E-state index is 0.112. The summed E-state index contributed by atoms with van der Waals surface area (Å²) < 4.78 is 11.7. The monoisotopic (exact) mass is 727 g/mol. The lowest BCUT2D eigenvalue weighted by Crippen LogP contribution is -2.35. The van der Waals surface area contributed by atoms with E-state index in [1.54, 1.807) is 14.2 Å². The molecule has 4 heterocycles. The second-order valence-electron chi connectivity index (χ2n) is 14.0. The number of ether oxygens (including phenoxy) is 2. The Balaban J connectivity index is 1.10. The zero-order valence-corrected chi connectivity index (χ0v) is 31.0. The van der Waals surface area contributed by atoms with Gasteiger partial charge in [0.2, 0.25) is 11.8 Å². The number of carbonyl (C=O) groups is 1. The highest BCUT2D eigenvalue weighted by Crippen LogP contribution is 2.44. The van der Waals surface area contributed by atoms with Gasteiger partial charge in [-0.15, -0.1) is 0 Å². The average Bonchev–Trinajstić information content (AvgIpc) is 3.58. The first kappa shape index (κ1) is 35.7. The van der Waals surface area contributed by atoms with Gasteiger partial charge < -0.3 is 25.4 Å². The molecule has 0 bridgehead atoms. The summed E-state index contributed by atoms with van der Waals surface area (Å²) in [7, 11) is 3.39. The fraction of sp³-hybridized carbons (Fsp3) is 0.415. The van der Waals surface area contributed by atoms with E-state index in [-0.39, 0.29) is 11.9 Å². The first-order valence-electron chi connectivity index (χ1n) is 18.2. The Bertz CT molecular complexity index is 1860. The largest absolute Gasteiger partial charge is 0.496 e. The predicted octanol–water partition coefficient (Wildman–Crippen LogP) is 7.52. The molecule has 0 saturated carbocycles. The summed E-state index contributed by atoms with van der Waals surface area (Å²) in [6.45, 7) is 6.66. The van der Waals surface area contributed by atoms with Crippen molar-refractivity contribution >= 4 is 29.1 Å². The third-order valence-corrected chi connectivity index (χ3v) is 11.5. The fourth-order valence-corrected chi connectivity index (χ4v) is 8.46. The molecule has 0 radical (unpaired) electrons. The Hall–Kier alpha value is -3.66. The molecule has 51 heavy (non-hydrogen) atoms. The number of nitrogens with zero attached hydrogens (tertiary/aromatic N) is 2. The van der Waals surface area contributed by atoms with Gasteiger partial charge in [-0.1, -0.05) is 71.7 Å². The van der Waals surface area contributed by atoms with Crippen LogP contribution >= 0.6 is 23.2 Å². The standard InChI is InChI=1S/C41H47Cl2N5O3/c1-50-37-22-29(21-27-16-20-48(25-35(27)37)19-15-26-13-17-44-18-14-26)31-5-3-6-32(39(31)42)33-7-4-8-34(40(33)43)36-11-9-28(41(47-36)51-2)23-45-24-30-10-12-38(49)46-30/h3-9,11,21-22,26,30,44-45H,10,12-20,23-25H2,1-2H3,(H,46,49)/t30-/m1/s1. The summed E-state index contributed by atoms with van der Waals surface area (Å²) in [5.74, 6) is 2.39. The third kappa shape index (κ3) is 8.06. The molecule has 0 unspecified atom stereocenters. The fourth-order valence-electron chi connectivity index (χ4n) is 7.79. The van der Waals surface area contributed by atoms with Crippen LogP contribution in [0.3, 0.4) is 0 Å². The van der Waals surface area contributed by atoms with E-state index in [0.29, 0.717) is 41.1 Å². The van der Waals surface area contributed by atoms with Gasteiger partial charge in [-0.25, -0.2) is 4.98 Å². The van der Waals surface area contributed by atoms with Crippen molar-refractivity contribution in [3.63, 3.8) is 0 Å². The minimum Gasteiger partial charge on any atom is -0.496 e. The van der Waals surface area contributed by atoms with Gasteiger partial charge >= 0.3 is 0 Å². The number of pyridine rings is 1. The number of methoxy groups -OCH3 is 2. The molecule has 268 valence electrons. The molecule has 0 aliphatic carbocycles. The van der Waals surface area contributed by atoms with Crippen LogP contribution in [0.5, 0.6) is 11.6 Å². The Morgan fingerprint density at radius 3 is 2.37 bits per heavy atom. The highest BCUT2D eigenvalue weighted by atomic mass is 35.5. The van der Waals surface area contributed by atoms with Crippen molar-refractivity contribution in [2.45, 2.75) is 57.7 Å². The van der Waals surface area contributed by atoms with Crippen molar-refractivity contribution in [2.24, 2.45) is 5.92 Å². The van der Waals surface area contributed by atoms with Gasteiger partial charge in [-0.3, -0.25) is 9.69 Å². The quantitative estimate of drug-likeness (QED) is 0.139. The van der Waals surface area contributed by atoms with Crippen LogP contribution in [-0.2, 0) is 24.3 Å². The zero-order chi connectivity index (χ0) is 35.3. The van der Waals surface area contributed by atoms with Crippen LogP contribution in [0.15, 0.2) is 60.7 Å². The molecule has 3 aromatic carbocycles. The molecule has 1 atom stereocenters. The van der Waals surface area contributed by atoms with Crippen LogP contribution < -0.4 is 25.4 Å². The molecule has 10 heteroatoms. The van der Waals surface area contributed by atoms with Crippen molar-refractivity contribution < 1.29 is 14.3 Å². The Kier molecular flexibility index (Phi) is 11.5. The van der Waals surface area contributed by atoms with Crippen LogP contribution in [-0.4, -0.2) is 68.8 Å². The summed E-state index contributed by atoms with van der Waals surface area (Å²) in [6.07, 6.45) is 6.26. The highest BCUT2D eigenvalue weighted by Gasteiger charge is 2.24. The van der Waals surface area contributed by atoms with Gasteiger partial charge in [-0.2, -0.15) is 0 Å². The predicted molar refractivity (Wildman–Crippen MR) is 206 cm³/mol. The van der Waals surface area contributed by atoms with Crippen LogP contribution in [0, 0.1) is 5.92 Å². The van der Waals surface area contributed by atoms with E-state index >= 15 is 0 Å². The second kappa shape index (κ2) is 16.3. The number of benzene rings is 3. The van der Waals surface area contributed by atoms with Gasteiger partial charge in [0.25, 0.3) is 0 Å². The molecule has 3 aliphatic rings. The number of aromatic nitrogens is 1. The lowest BCUT2D eigenvalue weighted by atomic mass is 9.91. The van der Waals surface area contributed by atoms with Gasteiger partial charge in [0, 0.05) is 72.0 Å². The molecule has 1 aromatic heterocycles. The van der Waals surface area contributed by atoms with Crippen molar-refractivity contribution in [3.8, 4) is 45.1 Å². The van der Waals surface area contributed by atoms with Crippen LogP contribution in [0.25, 0.3) is 33.5 Å². The number of hydrogen-bond donors (Lipinski definition) is 3. The molecule has 7 rings (SSSR count). The minimum atomic E-state index is 0.112. The molecule has 1 amide bonds. The first-order valence-corrected chi connectivity index (χ1v) is 18.9. The van der Waals surface area contributed by atoms with Gasteiger partial charge in [0.1, 0.15) is 5.75 Å². The van der Waals surface area contributed by atoms with E-state index in [0.717, 1.165) is 90.6 Å². The Morgan fingerprint density at radius 1 is 0.902 bits per heavy atom. The third-order valence-electron chi connectivity index (χ3n) is 10.7. The van der Waals surface area contributed by atoms with Crippen molar-refractivity contribution in [2.75, 3.05) is 46.9 Å². The van der Waals surface area contributed by atoms with Crippen LogP contribution in [0.2, 0.25) is 10.0 Å². The Morgan fingerprint density at radius 2 is 1.65 bits per heavy atom. The van der Waals surface area contributed by atoms with Gasteiger partial charge in [0.05, 0.1) is 30.0 Å². The molecule has 8 nitrogen and oxygen atoms in total. The van der Waals surface area contributed by atoms with Crippen molar-refractivity contribution in [1.82, 2.24) is 25.8 Å². The molecular weight excluding hydrogens is 681 g/mol. The first-order chi connectivity index (χ1) is 24.9. The normalized spacial score (nSPS) is 18.0. The van der Waals surface area contributed by atoms with Crippen molar-refractivity contribution in [1.29, 1.82) is 0 Å². The van der Waals surface area contributed by atoms with E-state index in [9.17, 15) is 4.79 Å². The van der Waals surface area contributed by atoms with E-state index in [1.807, 2.05) is 42.5 Å². The number of carbonyl (C=O) groups excluding carboxylic acids is 1. The molecule has 2 saturated heterocycles. The SMILES string of the molecule is COc1cc(-c2cccc(-c3cccc(-c4ccc(CNC[C@H]5CCC(=O)N5)c(OC)n4)c3Cl)c2Cl)cc2c1CN(CCC1CCNCC1)CC2. The van der Waals surface area contributed by atoms with Crippen LogP contribution in [0.4, 0.5) is 0 Å². The summed E-state index contributed by atoms with van der Waals surface area (Å²) in [5, 5.41) is 11.1. The van der Waals surface area contributed by atoms with Gasteiger partial charge in [-0.05, 0) is 80.9 Å². The van der Waals surface area contributed by atoms with Crippen LogP contribution in [0.1, 0.15) is 48.8 Å². The number of nitrogens with one attached hydrogen (secondary N) is 3. The van der Waals surface area contributed by atoms with E-state index < -0.39 is 0 Å². The van der Waals surface area contributed by atoms with E-state index in [1.165, 1.54) is 30.4 Å². The lowest BCUT2D eigenvalue weighted by molar-refractivity contribution is -0.119. The second-order valence-corrected chi connectivity index (χ2v) is 14.7. The van der Waals surface area contributed by atoms with E-state index in [4.69, 9.17) is 37.7 Å². The molecule has 4 aromatic rings. The Labute approximate surface area is 311 Å². The number of fused-ring (bicyclic) bond motifs is 1. The topological polar surface area (TPSA) is 87.8 Å². The molecule has 0 spiro atoms.